The molecule has 0 radical (unpaired) electrons. The van der Waals surface area contributed by atoms with Crippen LogP contribution < -0.4 is 4.31 Å². The number of ether oxygens (including phenoxy) is 1. The van der Waals surface area contributed by atoms with Crippen LogP contribution >= 0.6 is 12.2 Å². The van der Waals surface area contributed by atoms with Crippen LogP contribution in [0.25, 0.3) is 0 Å². The van der Waals surface area contributed by atoms with E-state index >= 15 is 0 Å². The lowest BCUT2D eigenvalue weighted by Gasteiger charge is -2.20. The van der Waals surface area contributed by atoms with Crippen molar-refractivity contribution in [3.05, 3.63) is 30.3 Å². The van der Waals surface area contributed by atoms with Crippen molar-refractivity contribution in [2.24, 2.45) is 0 Å². The van der Waals surface area contributed by atoms with E-state index in [0.717, 1.165) is 0 Å². The molecule has 0 saturated heterocycles. The van der Waals surface area contributed by atoms with Gasteiger partial charge in [0.25, 0.3) is 5.17 Å². The van der Waals surface area contributed by atoms with Crippen LogP contribution in [0.1, 0.15) is 6.92 Å². The van der Waals surface area contributed by atoms with E-state index in [1.54, 1.807) is 25.1 Å². The molecule has 0 amide bonds. The van der Waals surface area contributed by atoms with Gasteiger partial charge in [0, 0.05) is 0 Å². The van der Waals surface area contributed by atoms with Gasteiger partial charge in [-0.2, -0.15) is 12.7 Å². The molecule has 0 fully saturated rings. The molecule has 0 unspecified atom stereocenters. The van der Waals surface area contributed by atoms with Crippen LogP contribution in [0.5, 0.6) is 0 Å². The SMILES string of the molecule is CCOC(=S)N(c1ccccc1)S(=O)(=O)O. The van der Waals surface area contributed by atoms with E-state index in [9.17, 15) is 8.42 Å². The third-order valence-electron chi connectivity index (χ3n) is 1.66. The topological polar surface area (TPSA) is 66.8 Å². The van der Waals surface area contributed by atoms with Crippen molar-refractivity contribution in [2.75, 3.05) is 10.9 Å². The molecule has 0 heterocycles. The Morgan fingerprint density at radius 2 is 2.00 bits per heavy atom. The standard InChI is InChI=1S/C9H11NO4S2/c1-2-14-9(15)10(16(11,12)13)8-6-4-3-5-7-8/h3-7H,2H2,1H3,(H,11,12,13). The molecule has 5 nitrogen and oxygen atoms in total. The number of thiocarbonyl (C=S) groups is 1. The van der Waals surface area contributed by atoms with Crippen molar-refractivity contribution in [3.8, 4) is 0 Å². The van der Waals surface area contributed by atoms with Crippen LogP contribution in [0.3, 0.4) is 0 Å². The first-order valence-electron chi connectivity index (χ1n) is 4.46. The summed E-state index contributed by atoms with van der Waals surface area (Å²) in [7, 11) is -4.47. The van der Waals surface area contributed by atoms with Crippen LogP contribution in [0.2, 0.25) is 0 Å². The summed E-state index contributed by atoms with van der Waals surface area (Å²) < 4.78 is 36.8. The van der Waals surface area contributed by atoms with Gasteiger partial charge in [0.15, 0.2) is 0 Å². The zero-order chi connectivity index (χ0) is 12.2. The Bertz CT molecular complexity index is 458. The molecular weight excluding hydrogens is 250 g/mol. The highest BCUT2D eigenvalue weighted by molar-refractivity contribution is 7.90. The minimum atomic E-state index is -4.47. The summed E-state index contributed by atoms with van der Waals surface area (Å²) in [4.78, 5) is 0. The van der Waals surface area contributed by atoms with Crippen molar-refractivity contribution >= 4 is 33.4 Å². The first-order chi connectivity index (χ1) is 7.46. The zero-order valence-corrected chi connectivity index (χ0v) is 10.2. The molecule has 7 heteroatoms. The quantitative estimate of drug-likeness (QED) is 0.661. The molecule has 0 aliphatic rings. The summed E-state index contributed by atoms with van der Waals surface area (Å²) in [5.74, 6) is 0. The van der Waals surface area contributed by atoms with Gasteiger partial charge in [-0.1, -0.05) is 18.2 Å². The number of rotatable bonds is 3. The molecule has 0 aliphatic carbocycles. The van der Waals surface area contributed by atoms with Gasteiger partial charge in [0.05, 0.1) is 12.3 Å². The Morgan fingerprint density at radius 3 is 2.44 bits per heavy atom. The van der Waals surface area contributed by atoms with Crippen LogP contribution in [0.4, 0.5) is 5.69 Å². The fourth-order valence-corrected chi connectivity index (χ4v) is 2.21. The van der Waals surface area contributed by atoms with Gasteiger partial charge in [-0.25, -0.2) is 0 Å². The van der Waals surface area contributed by atoms with Gasteiger partial charge in [-0.05, 0) is 31.3 Å². The second kappa shape index (κ2) is 5.24. The maximum atomic E-state index is 11.2. The second-order valence-corrected chi connectivity index (χ2v) is 4.39. The molecular formula is C9H11NO4S2. The van der Waals surface area contributed by atoms with Gasteiger partial charge in [0.2, 0.25) is 0 Å². The van der Waals surface area contributed by atoms with Crippen LogP contribution in [0, 0.1) is 0 Å². The molecule has 16 heavy (non-hydrogen) atoms. The summed E-state index contributed by atoms with van der Waals surface area (Å²) in [6.45, 7) is 1.89. The van der Waals surface area contributed by atoms with Gasteiger partial charge < -0.3 is 4.74 Å². The minimum absolute atomic E-state index is 0.220. The third kappa shape index (κ3) is 3.16. The van der Waals surface area contributed by atoms with Gasteiger partial charge >= 0.3 is 10.3 Å². The van der Waals surface area contributed by atoms with Crippen LogP contribution in [-0.4, -0.2) is 24.8 Å². The Hall–Kier alpha value is -1.18. The molecule has 1 aromatic carbocycles. The smallest absolute Gasteiger partial charge is 0.367 e. The minimum Gasteiger partial charge on any atom is -0.470 e. The fraction of sp³-hybridized carbons (Fsp3) is 0.222. The van der Waals surface area contributed by atoms with E-state index in [0.29, 0.717) is 4.31 Å². The highest BCUT2D eigenvalue weighted by atomic mass is 32.2. The first-order valence-corrected chi connectivity index (χ1v) is 6.27. The third-order valence-corrected chi connectivity index (χ3v) is 2.91. The van der Waals surface area contributed by atoms with E-state index in [4.69, 9.17) is 21.5 Å². The monoisotopic (exact) mass is 261 g/mol. The molecule has 0 aliphatic heterocycles. The fourth-order valence-electron chi connectivity index (χ4n) is 1.08. The largest absolute Gasteiger partial charge is 0.470 e. The molecule has 0 aromatic heterocycles. The summed E-state index contributed by atoms with van der Waals surface area (Å²) in [5.41, 5.74) is 0.225. The van der Waals surface area contributed by atoms with Crippen molar-refractivity contribution in [1.82, 2.24) is 0 Å². The molecule has 0 bridgehead atoms. The molecule has 0 saturated carbocycles. The number of para-hydroxylation sites is 1. The zero-order valence-electron chi connectivity index (χ0n) is 8.53. The van der Waals surface area contributed by atoms with E-state index in [2.05, 4.69) is 0 Å². The Morgan fingerprint density at radius 1 is 1.44 bits per heavy atom. The van der Waals surface area contributed by atoms with Crippen molar-refractivity contribution in [2.45, 2.75) is 6.92 Å². The number of hydrogen-bond acceptors (Lipinski definition) is 4. The molecule has 88 valence electrons. The predicted molar refractivity (Wildman–Crippen MR) is 64.7 cm³/mol. The van der Waals surface area contributed by atoms with E-state index < -0.39 is 10.3 Å². The molecule has 1 aromatic rings. The van der Waals surface area contributed by atoms with Crippen molar-refractivity contribution in [3.63, 3.8) is 0 Å². The molecule has 1 rings (SSSR count). The lowest BCUT2D eigenvalue weighted by atomic mass is 10.3. The molecule has 0 atom stereocenters. The maximum Gasteiger partial charge on any atom is 0.367 e. The van der Waals surface area contributed by atoms with Crippen molar-refractivity contribution in [1.29, 1.82) is 0 Å². The first kappa shape index (κ1) is 12.9. The average Bonchev–Trinajstić information content (AvgIpc) is 2.17. The van der Waals surface area contributed by atoms with E-state index in [-0.39, 0.29) is 17.5 Å². The Balaban J connectivity index is 3.13. The lowest BCUT2D eigenvalue weighted by Crippen LogP contribution is -2.36. The average molecular weight is 261 g/mol. The number of benzene rings is 1. The highest BCUT2D eigenvalue weighted by Crippen LogP contribution is 2.17. The van der Waals surface area contributed by atoms with Crippen molar-refractivity contribution < 1.29 is 17.7 Å². The van der Waals surface area contributed by atoms with Gasteiger partial charge in [0.1, 0.15) is 0 Å². The second-order valence-electron chi connectivity index (χ2n) is 2.78. The molecule has 0 spiro atoms. The maximum absolute atomic E-state index is 11.2. The van der Waals surface area contributed by atoms with Gasteiger partial charge in [-0.15, -0.1) is 0 Å². The van der Waals surface area contributed by atoms with Crippen LogP contribution in [-0.2, 0) is 15.0 Å². The highest BCUT2D eigenvalue weighted by Gasteiger charge is 2.25. The van der Waals surface area contributed by atoms with E-state index in [1.807, 2.05) is 0 Å². The number of hydrogen-bond donors (Lipinski definition) is 1. The summed E-state index contributed by atoms with van der Waals surface area (Å²) in [6, 6.07) is 7.97. The Labute approximate surface area is 99.5 Å². The number of anilines is 1. The summed E-state index contributed by atoms with van der Waals surface area (Å²) >= 11 is 4.77. The predicted octanol–water partition coefficient (Wildman–Crippen LogP) is 1.62. The normalized spacial score (nSPS) is 10.9. The summed E-state index contributed by atoms with van der Waals surface area (Å²) in [5, 5.41) is -0.309. The lowest BCUT2D eigenvalue weighted by molar-refractivity contribution is 0.330. The van der Waals surface area contributed by atoms with E-state index in [1.165, 1.54) is 12.1 Å². The number of nitrogens with zero attached hydrogens (tertiary/aromatic N) is 1. The molecule has 1 N–H and O–H groups in total. The van der Waals surface area contributed by atoms with Gasteiger partial charge in [-0.3, -0.25) is 4.55 Å². The summed E-state index contributed by atoms with van der Waals surface area (Å²) in [6.07, 6.45) is 0. The van der Waals surface area contributed by atoms with Crippen LogP contribution in [0.15, 0.2) is 30.3 Å². The Kier molecular flexibility index (Phi) is 4.22.